The largest absolute Gasteiger partial charge is 0.453 e. The number of aromatic nitrogens is 1. The summed E-state index contributed by atoms with van der Waals surface area (Å²) >= 11 is 0. The van der Waals surface area contributed by atoms with E-state index in [1.165, 1.54) is 12.3 Å². The summed E-state index contributed by atoms with van der Waals surface area (Å²) in [7, 11) is 0. The molecule has 2 atom stereocenters. The Labute approximate surface area is 222 Å². The first-order valence-electron chi connectivity index (χ1n) is 13.1. The van der Waals surface area contributed by atoms with Gasteiger partial charge in [-0.05, 0) is 48.7 Å². The van der Waals surface area contributed by atoms with Crippen molar-refractivity contribution in [3.8, 4) is 22.6 Å². The number of nitrogens with two attached hydrogens (primary N) is 1. The monoisotopic (exact) mass is 535 g/mol. The van der Waals surface area contributed by atoms with Crippen molar-refractivity contribution >= 4 is 17.2 Å². The van der Waals surface area contributed by atoms with Crippen molar-refractivity contribution < 1.29 is 22.3 Å². The zero-order chi connectivity index (χ0) is 26.9. The molecule has 4 aliphatic heterocycles. The number of ether oxygens (including phenoxy) is 1. The molecule has 2 N–H and O–H groups in total. The van der Waals surface area contributed by atoms with E-state index in [4.69, 9.17) is 20.5 Å². The molecule has 0 aliphatic carbocycles. The minimum atomic E-state index is -2.74. The fraction of sp³-hybridized carbons (Fsp3) is 0.345. The van der Waals surface area contributed by atoms with E-state index in [1.807, 2.05) is 0 Å². The van der Waals surface area contributed by atoms with Gasteiger partial charge in [-0.1, -0.05) is 6.07 Å². The first-order chi connectivity index (χ1) is 18.8. The lowest BCUT2D eigenvalue weighted by molar-refractivity contribution is -0.0220. The van der Waals surface area contributed by atoms with Crippen LogP contribution in [0.3, 0.4) is 0 Å². The molecule has 0 amide bonds. The van der Waals surface area contributed by atoms with Crippen LogP contribution in [0.1, 0.15) is 36.8 Å². The lowest BCUT2D eigenvalue weighted by Gasteiger charge is -2.39. The van der Waals surface area contributed by atoms with Gasteiger partial charge in [-0.2, -0.15) is 4.39 Å². The Morgan fingerprint density at radius 3 is 2.64 bits per heavy atom. The van der Waals surface area contributed by atoms with E-state index in [1.54, 1.807) is 41.3 Å². The van der Waals surface area contributed by atoms with Crippen molar-refractivity contribution in [1.29, 1.82) is 0 Å². The smallest absolute Gasteiger partial charge is 0.251 e. The van der Waals surface area contributed by atoms with Gasteiger partial charge in [0, 0.05) is 67.1 Å². The molecule has 5 heterocycles. The summed E-state index contributed by atoms with van der Waals surface area (Å²) in [5.74, 6) is -3.45. The highest BCUT2D eigenvalue weighted by Crippen LogP contribution is 2.56. The molecule has 1 saturated heterocycles. The quantitative estimate of drug-likeness (QED) is 0.331. The molecule has 1 spiro atoms. The number of rotatable bonds is 2. The predicted molar refractivity (Wildman–Crippen MR) is 140 cm³/mol. The van der Waals surface area contributed by atoms with Gasteiger partial charge in [-0.25, -0.2) is 23.1 Å². The zero-order valence-electron chi connectivity index (χ0n) is 20.9. The van der Waals surface area contributed by atoms with Crippen LogP contribution >= 0.6 is 0 Å². The summed E-state index contributed by atoms with van der Waals surface area (Å²) in [5.41, 5.74) is 8.22. The molecular formula is C29H25F4N5O. The van der Waals surface area contributed by atoms with Gasteiger partial charge in [-0.15, -0.1) is 0 Å². The highest BCUT2D eigenvalue weighted by atomic mass is 19.3. The van der Waals surface area contributed by atoms with Gasteiger partial charge in [0.25, 0.3) is 5.92 Å². The van der Waals surface area contributed by atoms with Crippen LogP contribution in [-0.2, 0) is 5.54 Å². The van der Waals surface area contributed by atoms with Crippen LogP contribution < -0.4 is 15.4 Å². The molecule has 0 radical (unpaired) electrons. The topological polar surface area (TPSA) is 76.1 Å². The van der Waals surface area contributed by atoms with Gasteiger partial charge < -0.3 is 15.4 Å². The van der Waals surface area contributed by atoms with E-state index in [9.17, 15) is 13.2 Å². The van der Waals surface area contributed by atoms with E-state index in [0.29, 0.717) is 51.8 Å². The van der Waals surface area contributed by atoms with Crippen LogP contribution in [0.25, 0.3) is 11.1 Å². The van der Waals surface area contributed by atoms with Crippen LogP contribution in [0.4, 0.5) is 23.2 Å². The third kappa shape index (κ3) is 3.64. The Balaban J connectivity index is 1.45. The molecule has 39 heavy (non-hydrogen) atoms. The number of pyridine rings is 1. The van der Waals surface area contributed by atoms with Crippen molar-refractivity contribution in [2.75, 3.05) is 24.5 Å². The van der Waals surface area contributed by atoms with Crippen LogP contribution in [0, 0.1) is 17.7 Å². The fourth-order valence-electron chi connectivity index (χ4n) is 6.27. The van der Waals surface area contributed by atoms with E-state index < -0.39 is 23.2 Å². The van der Waals surface area contributed by atoms with Crippen molar-refractivity contribution in [2.45, 2.75) is 37.1 Å². The number of alkyl halides is 2. The van der Waals surface area contributed by atoms with E-state index in [-0.39, 0.29) is 37.6 Å². The Morgan fingerprint density at radius 1 is 1.03 bits per heavy atom. The predicted octanol–water partition coefficient (Wildman–Crippen LogP) is 5.83. The number of amidine groups is 1. The van der Waals surface area contributed by atoms with Crippen LogP contribution in [-0.4, -0.2) is 42.1 Å². The third-order valence-electron chi connectivity index (χ3n) is 8.22. The van der Waals surface area contributed by atoms with Crippen molar-refractivity contribution in [3.05, 3.63) is 71.6 Å². The molecule has 2 aromatic carbocycles. The molecule has 1 fully saturated rings. The number of hydrogen-bond donors (Lipinski definition) is 1. The van der Waals surface area contributed by atoms with Gasteiger partial charge in [0.05, 0.1) is 11.6 Å². The summed E-state index contributed by atoms with van der Waals surface area (Å²) < 4.78 is 64.4. The van der Waals surface area contributed by atoms with E-state index in [2.05, 4.69) is 4.98 Å². The summed E-state index contributed by atoms with van der Waals surface area (Å²) in [5, 5.41) is 0. The maximum Gasteiger partial charge on any atom is 0.251 e. The Hall–Kier alpha value is -3.95. The second kappa shape index (κ2) is 8.53. The molecule has 200 valence electrons. The Bertz CT molecular complexity index is 1560. The fourth-order valence-corrected chi connectivity index (χ4v) is 6.27. The molecule has 1 aromatic heterocycles. The van der Waals surface area contributed by atoms with Gasteiger partial charge in [-0.3, -0.25) is 4.99 Å². The summed E-state index contributed by atoms with van der Waals surface area (Å²) in [6.07, 6.45) is 2.35. The molecule has 4 aliphatic rings. The zero-order valence-corrected chi connectivity index (χ0v) is 20.9. The van der Waals surface area contributed by atoms with Crippen LogP contribution in [0.15, 0.2) is 58.6 Å². The number of benzene rings is 2. The first kappa shape index (κ1) is 24.1. The highest BCUT2D eigenvalue weighted by Gasteiger charge is 2.55. The number of halogens is 4. The first-order valence-corrected chi connectivity index (χ1v) is 13.1. The number of fused-ring (bicyclic) bond motifs is 6. The Morgan fingerprint density at radius 2 is 1.85 bits per heavy atom. The van der Waals surface area contributed by atoms with Crippen molar-refractivity contribution in [1.82, 2.24) is 4.98 Å². The average molecular weight is 536 g/mol. The number of hydrogen-bond acceptors (Lipinski definition) is 6. The number of aliphatic imine (C=N–C) groups is 2. The lowest BCUT2D eigenvalue weighted by Crippen LogP contribution is -2.41. The molecular weight excluding hydrogens is 510 g/mol. The van der Waals surface area contributed by atoms with Crippen LogP contribution in [0.2, 0.25) is 0 Å². The molecule has 10 heteroatoms. The molecule has 1 unspecified atom stereocenters. The number of piperidine rings is 1. The standard InChI is InChI=1S/C29H25F4N5O/c30-22-15-17(38-11-7-28(32,33)8-12-38)14-21-24(22)39-23-6-5-16(18-3-1-10-36-26(18)31)13-20(23)29(21)25-19(27(34)37-29)4-2-9-35-25/h1,3,5-6,10,13-15,19H,2,4,7-9,11-12H2,(H2,34,37)/t19?,29-/m1/s1. The van der Waals surface area contributed by atoms with Gasteiger partial charge in [0.2, 0.25) is 5.95 Å². The normalized spacial score (nSPS) is 24.8. The third-order valence-corrected chi connectivity index (χ3v) is 8.22. The van der Waals surface area contributed by atoms with E-state index in [0.717, 1.165) is 12.8 Å². The highest BCUT2D eigenvalue weighted by molar-refractivity contribution is 6.18. The average Bonchev–Trinajstić information content (AvgIpc) is 3.22. The molecule has 6 nitrogen and oxygen atoms in total. The molecule has 0 saturated carbocycles. The number of nitrogens with zero attached hydrogens (tertiary/aromatic N) is 4. The maximum absolute atomic E-state index is 15.8. The summed E-state index contributed by atoms with van der Waals surface area (Å²) in [4.78, 5) is 15.4. The minimum Gasteiger partial charge on any atom is -0.453 e. The SMILES string of the molecule is NC1=N[C@]2(C3=NCCCC13)c1cc(-c3cccnc3F)ccc1Oc1c(F)cc(N3CCC(F)(F)CC3)cc12. The maximum atomic E-state index is 15.8. The second-order valence-corrected chi connectivity index (χ2v) is 10.5. The summed E-state index contributed by atoms with van der Waals surface area (Å²) in [6, 6.07) is 11.5. The molecule has 0 bridgehead atoms. The minimum absolute atomic E-state index is 0.000582. The second-order valence-electron chi connectivity index (χ2n) is 10.5. The van der Waals surface area contributed by atoms with Gasteiger partial charge in [0.1, 0.15) is 11.6 Å². The van der Waals surface area contributed by atoms with Crippen LogP contribution in [0.5, 0.6) is 11.5 Å². The summed E-state index contributed by atoms with van der Waals surface area (Å²) in [6.45, 7) is 0.756. The molecule has 7 rings (SSSR count). The molecule has 3 aromatic rings. The Kier molecular flexibility index (Phi) is 5.27. The van der Waals surface area contributed by atoms with Crippen molar-refractivity contribution in [3.63, 3.8) is 0 Å². The van der Waals surface area contributed by atoms with E-state index >= 15 is 4.39 Å². The lowest BCUT2D eigenvalue weighted by atomic mass is 9.73. The van der Waals surface area contributed by atoms with Crippen molar-refractivity contribution in [2.24, 2.45) is 21.6 Å². The van der Waals surface area contributed by atoms with Gasteiger partial charge >= 0.3 is 0 Å². The number of anilines is 1. The van der Waals surface area contributed by atoms with Gasteiger partial charge in [0.15, 0.2) is 17.1 Å².